The molecule has 0 aliphatic carbocycles. The largest absolute Gasteiger partial charge is 0.496 e. The molecule has 0 fully saturated rings. The highest BCUT2D eigenvalue weighted by molar-refractivity contribution is 5.97. The number of ether oxygens (including phenoxy) is 3. The van der Waals surface area contributed by atoms with Gasteiger partial charge in [0.1, 0.15) is 5.75 Å². The average Bonchev–Trinajstić information content (AvgIpc) is 2.43. The Morgan fingerprint density at radius 1 is 1.37 bits per heavy atom. The van der Waals surface area contributed by atoms with Crippen molar-refractivity contribution >= 4 is 11.6 Å². The van der Waals surface area contributed by atoms with Crippen LogP contribution in [0, 0.1) is 0 Å². The highest BCUT2D eigenvalue weighted by Gasteiger charge is 2.14. The molecule has 0 radical (unpaired) electrons. The molecule has 1 aromatic rings. The first-order chi connectivity index (χ1) is 9.12. The van der Waals surface area contributed by atoms with Crippen molar-refractivity contribution in [1.82, 2.24) is 5.32 Å². The molecule has 3 N–H and O–H groups in total. The molecule has 6 nitrogen and oxygen atoms in total. The second-order valence-electron chi connectivity index (χ2n) is 3.98. The van der Waals surface area contributed by atoms with E-state index in [0.29, 0.717) is 30.2 Å². The van der Waals surface area contributed by atoms with E-state index in [1.165, 1.54) is 7.11 Å². The lowest BCUT2D eigenvalue weighted by Crippen LogP contribution is -2.35. The number of methoxy groups -OCH3 is 3. The van der Waals surface area contributed by atoms with Gasteiger partial charge < -0.3 is 25.3 Å². The maximum absolute atomic E-state index is 12.1. The molecule has 0 bridgehead atoms. The number of carbonyl (C=O) groups is 1. The van der Waals surface area contributed by atoms with Gasteiger partial charge in [-0.25, -0.2) is 0 Å². The summed E-state index contributed by atoms with van der Waals surface area (Å²) in [6.45, 7) is 0.756. The van der Waals surface area contributed by atoms with Crippen LogP contribution in [0.1, 0.15) is 10.4 Å². The van der Waals surface area contributed by atoms with E-state index in [9.17, 15) is 4.79 Å². The van der Waals surface area contributed by atoms with Gasteiger partial charge in [0.2, 0.25) is 0 Å². The van der Waals surface area contributed by atoms with Gasteiger partial charge in [0, 0.05) is 26.5 Å². The highest BCUT2D eigenvalue weighted by atomic mass is 16.5. The van der Waals surface area contributed by atoms with Crippen molar-refractivity contribution in [3.05, 3.63) is 23.8 Å². The van der Waals surface area contributed by atoms with Crippen molar-refractivity contribution in [2.45, 2.75) is 6.10 Å². The minimum atomic E-state index is -0.262. The smallest absolute Gasteiger partial charge is 0.255 e. The second kappa shape index (κ2) is 7.60. The van der Waals surface area contributed by atoms with Gasteiger partial charge in [-0.1, -0.05) is 0 Å². The summed E-state index contributed by atoms with van der Waals surface area (Å²) in [6.07, 6.45) is -0.194. The number of anilines is 1. The maximum Gasteiger partial charge on any atom is 0.255 e. The lowest BCUT2D eigenvalue weighted by Gasteiger charge is -2.16. The van der Waals surface area contributed by atoms with Crippen molar-refractivity contribution in [3.63, 3.8) is 0 Å². The summed E-state index contributed by atoms with van der Waals surface area (Å²) in [5.41, 5.74) is 6.57. The summed E-state index contributed by atoms with van der Waals surface area (Å²) in [4.78, 5) is 12.1. The minimum absolute atomic E-state index is 0.194. The molecule has 1 aromatic carbocycles. The topological polar surface area (TPSA) is 82.8 Å². The monoisotopic (exact) mass is 268 g/mol. The van der Waals surface area contributed by atoms with Gasteiger partial charge in [0.05, 0.1) is 25.4 Å². The van der Waals surface area contributed by atoms with Gasteiger partial charge in [0.25, 0.3) is 5.91 Å². The number of nitrogens with one attached hydrogen (secondary N) is 1. The van der Waals surface area contributed by atoms with Gasteiger partial charge >= 0.3 is 0 Å². The van der Waals surface area contributed by atoms with Crippen LogP contribution in [-0.4, -0.2) is 46.5 Å². The predicted molar refractivity (Wildman–Crippen MR) is 72.4 cm³/mol. The van der Waals surface area contributed by atoms with Gasteiger partial charge in [-0.05, 0) is 18.2 Å². The third kappa shape index (κ3) is 4.42. The SMILES string of the molecule is COCC(CNC(=O)c1cc(N)ccc1OC)OC. The number of hydrogen-bond donors (Lipinski definition) is 2. The van der Waals surface area contributed by atoms with Crippen molar-refractivity contribution in [3.8, 4) is 5.75 Å². The first kappa shape index (κ1) is 15.3. The fourth-order valence-corrected chi connectivity index (χ4v) is 1.60. The summed E-state index contributed by atoms with van der Waals surface area (Å²) < 4.78 is 15.3. The van der Waals surface area contributed by atoms with Crippen molar-refractivity contribution in [2.24, 2.45) is 0 Å². The maximum atomic E-state index is 12.1. The van der Waals surface area contributed by atoms with Gasteiger partial charge in [-0.15, -0.1) is 0 Å². The molecule has 1 unspecified atom stereocenters. The number of nitrogen functional groups attached to an aromatic ring is 1. The molecule has 0 aliphatic heterocycles. The third-order valence-electron chi connectivity index (χ3n) is 2.64. The van der Waals surface area contributed by atoms with Crippen LogP contribution in [0.3, 0.4) is 0 Å². The normalized spacial score (nSPS) is 11.9. The Hall–Kier alpha value is -1.79. The second-order valence-corrected chi connectivity index (χ2v) is 3.98. The van der Waals surface area contributed by atoms with E-state index >= 15 is 0 Å². The van der Waals surface area contributed by atoms with Crippen LogP contribution < -0.4 is 15.8 Å². The van der Waals surface area contributed by atoms with Gasteiger partial charge in [-0.3, -0.25) is 4.79 Å². The van der Waals surface area contributed by atoms with Crippen LogP contribution in [0.2, 0.25) is 0 Å². The average molecular weight is 268 g/mol. The molecule has 1 rings (SSSR count). The zero-order valence-corrected chi connectivity index (χ0v) is 11.4. The number of carbonyl (C=O) groups excluding carboxylic acids is 1. The molecule has 106 valence electrons. The van der Waals surface area contributed by atoms with Crippen molar-refractivity contribution < 1.29 is 19.0 Å². The molecule has 1 atom stereocenters. The molecule has 0 spiro atoms. The molecule has 0 aliphatic rings. The Morgan fingerprint density at radius 3 is 2.68 bits per heavy atom. The summed E-state index contributed by atoms with van der Waals surface area (Å²) in [7, 11) is 4.65. The number of nitrogens with two attached hydrogens (primary N) is 1. The lowest BCUT2D eigenvalue weighted by atomic mass is 10.1. The van der Waals surface area contributed by atoms with E-state index in [2.05, 4.69) is 5.32 Å². The fourth-order valence-electron chi connectivity index (χ4n) is 1.60. The quantitative estimate of drug-likeness (QED) is 0.710. The van der Waals surface area contributed by atoms with E-state index in [-0.39, 0.29) is 12.0 Å². The highest BCUT2D eigenvalue weighted by Crippen LogP contribution is 2.20. The summed E-state index contributed by atoms with van der Waals surface area (Å²) in [5.74, 6) is 0.217. The van der Waals surface area contributed by atoms with Crippen molar-refractivity contribution in [2.75, 3.05) is 40.2 Å². The van der Waals surface area contributed by atoms with E-state index in [4.69, 9.17) is 19.9 Å². The summed E-state index contributed by atoms with van der Waals surface area (Å²) in [6, 6.07) is 4.91. The Balaban J connectivity index is 2.69. The molecular weight excluding hydrogens is 248 g/mol. The molecule has 0 heterocycles. The predicted octanol–water partition coefficient (Wildman–Crippen LogP) is 0.669. The minimum Gasteiger partial charge on any atom is -0.496 e. The zero-order valence-electron chi connectivity index (χ0n) is 11.4. The zero-order chi connectivity index (χ0) is 14.3. The van der Waals surface area contributed by atoms with Crippen LogP contribution in [0.25, 0.3) is 0 Å². The Bertz CT molecular complexity index is 423. The molecule has 0 saturated carbocycles. The van der Waals surface area contributed by atoms with Crippen LogP contribution in [-0.2, 0) is 9.47 Å². The Morgan fingerprint density at radius 2 is 2.11 bits per heavy atom. The van der Waals surface area contributed by atoms with E-state index < -0.39 is 0 Å². The molecular formula is C13H20N2O4. The van der Waals surface area contributed by atoms with E-state index in [0.717, 1.165) is 0 Å². The molecule has 1 amide bonds. The standard InChI is InChI=1S/C13H20N2O4/c1-17-8-10(18-2)7-15-13(16)11-6-9(14)4-5-12(11)19-3/h4-6,10H,7-8,14H2,1-3H3,(H,15,16). The number of benzene rings is 1. The number of amides is 1. The van der Waals surface area contributed by atoms with Crippen molar-refractivity contribution in [1.29, 1.82) is 0 Å². The molecule has 19 heavy (non-hydrogen) atoms. The molecule has 0 saturated heterocycles. The number of rotatable bonds is 7. The van der Waals surface area contributed by atoms with Crippen LogP contribution >= 0.6 is 0 Å². The van der Waals surface area contributed by atoms with E-state index in [1.54, 1.807) is 32.4 Å². The third-order valence-corrected chi connectivity index (χ3v) is 2.64. The molecule has 0 aromatic heterocycles. The van der Waals surface area contributed by atoms with Crippen LogP contribution in [0.15, 0.2) is 18.2 Å². The first-order valence-corrected chi connectivity index (χ1v) is 5.85. The molecule has 6 heteroatoms. The first-order valence-electron chi connectivity index (χ1n) is 5.85. The number of hydrogen-bond acceptors (Lipinski definition) is 5. The Labute approximate surface area is 112 Å². The van der Waals surface area contributed by atoms with Crippen LogP contribution in [0.5, 0.6) is 5.75 Å². The van der Waals surface area contributed by atoms with Gasteiger partial charge in [-0.2, -0.15) is 0 Å². The van der Waals surface area contributed by atoms with Crippen LogP contribution in [0.4, 0.5) is 5.69 Å². The summed E-state index contributed by atoms with van der Waals surface area (Å²) >= 11 is 0. The fraction of sp³-hybridized carbons (Fsp3) is 0.462. The Kier molecular flexibility index (Phi) is 6.11. The lowest BCUT2D eigenvalue weighted by molar-refractivity contribution is 0.0285. The van der Waals surface area contributed by atoms with Gasteiger partial charge in [0.15, 0.2) is 0 Å². The summed E-state index contributed by atoms with van der Waals surface area (Å²) in [5, 5.41) is 2.76. The van der Waals surface area contributed by atoms with E-state index in [1.807, 2.05) is 0 Å².